The highest BCUT2D eigenvalue weighted by Gasteiger charge is 2.19. The Morgan fingerprint density at radius 2 is 1.68 bits per heavy atom. The van der Waals surface area contributed by atoms with Crippen LogP contribution in [-0.4, -0.2) is 18.0 Å². The second-order valence-electron chi connectivity index (χ2n) is 6.98. The molecule has 0 bridgehead atoms. The van der Waals surface area contributed by atoms with E-state index in [4.69, 9.17) is 32.7 Å². The summed E-state index contributed by atoms with van der Waals surface area (Å²) in [5.41, 5.74) is 2.82. The van der Waals surface area contributed by atoms with Gasteiger partial charge in [-0.25, -0.2) is 4.79 Å². The van der Waals surface area contributed by atoms with Gasteiger partial charge in [0.05, 0.1) is 10.7 Å². The van der Waals surface area contributed by atoms with Crippen molar-refractivity contribution in [2.45, 2.75) is 26.9 Å². The van der Waals surface area contributed by atoms with Gasteiger partial charge in [-0.2, -0.15) is 0 Å². The fraction of sp³-hybridized carbons (Fsp3) is 0.167. The lowest BCUT2D eigenvalue weighted by atomic mass is 10.1. The summed E-state index contributed by atoms with van der Waals surface area (Å²) in [4.78, 5) is 24.8. The SMILES string of the molecule is Cc1cccc(OC(C)C(=O)Oc2ccc(C(=O)Nc3cc(Cl)ccc3Cl)cc2)c1C. The first-order chi connectivity index (χ1) is 14.7. The molecule has 3 aromatic carbocycles. The number of hydrogen-bond donors (Lipinski definition) is 1. The van der Waals surface area contributed by atoms with Crippen molar-refractivity contribution in [3.8, 4) is 11.5 Å². The number of ether oxygens (including phenoxy) is 2. The molecule has 0 saturated heterocycles. The Kier molecular flexibility index (Phi) is 7.21. The molecule has 0 radical (unpaired) electrons. The fourth-order valence-corrected chi connectivity index (χ4v) is 3.09. The molecule has 0 aliphatic heterocycles. The van der Waals surface area contributed by atoms with E-state index in [1.54, 1.807) is 37.3 Å². The van der Waals surface area contributed by atoms with E-state index in [1.165, 1.54) is 12.1 Å². The summed E-state index contributed by atoms with van der Waals surface area (Å²) in [6.07, 6.45) is -0.798. The van der Waals surface area contributed by atoms with Crippen molar-refractivity contribution in [2.24, 2.45) is 0 Å². The van der Waals surface area contributed by atoms with E-state index >= 15 is 0 Å². The van der Waals surface area contributed by atoms with E-state index in [-0.39, 0.29) is 5.91 Å². The van der Waals surface area contributed by atoms with Gasteiger partial charge in [-0.1, -0.05) is 35.3 Å². The highest BCUT2D eigenvalue weighted by Crippen LogP contribution is 2.26. The largest absolute Gasteiger partial charge is 0.479 e. The van der Waals surface area contributed by atoms with Crippen LogP contribution in [0.3, 0.4) is 0 Å². The van der Waals surface area contributed by atoms with Gasteiger partial charge in [0.15, 0.2) is 6.10 Å². The van der Waals surface area contributed by atoms with Crippen molar-refractivity contribution < 1.29 is 19.1 Å². The molecule has 5 nitrogen and oxygen atoms in total. The van der Waals surface area contributed by atoms with Gasteiger partial charge in [0.25, 0.3) is 5.91 Å². The van der Waals surface area contributed by atoms with Crippen LogP contribution in [-0.2, 0) is 4.79 Å². The van der Waals surface area contributed by atoms with Crippen LogP contribution in [0.25, 0.3) is 0 Å². The van der Waals surface area contributed by atoms with Crippen LogP contribution in [0.15, 0.2) is 60.7 Å². The zero-order valence-electron chi connectivity index (χ0n) is 17.2. The number of esters is 1. The third kappa shape index (κ3) is 5.78. The average molecular weight is 458 g/mol. The van der Waals surface area contributed by atoms with Crippen LogP contribution < -0.4 is 14.8 Å². The molecule has 0 fully saturated rings. The van der Waals surface area contributed by atoms with E-state index in [9.17, 15) is 9.59 Å². The minimum Gasteiger partial charge on any atom is -0.479 e. The molecule has 31 heavy (non-hydrogen) atoms. The second-order valence-corrected chi connectivity index (χ2v) is 7.83. The molecule has 7 heteroatoms. The Balaban J connectivity index is 1.61. The standard InChI is InChI=1S/C24H21Cl2NO4/c1-14-5-4-6-22(15(14)2)30-16(3)24(29)31-19-10-7-17(8-11-19)23(28)27-21-13-18(25)9-12-20(21)26/h4-13,16H,1-3H3,(H,27,28). The Bertz CT molecular complexity index is 1110. The molecule has 160 valence electrons. The molecular formula is C24H21Cl2NO4. The van der Waals surface area contributed by atoms with Crippen LogP contribution in [0.4, 0.5) is 5.69 Å². The van der Waals surface area contributed by atoms with Crippen molar-refractivity contribution in [1.29, 1.82) is 0 Å². The van der Waals surface area contributed by atoms with E-state index in [0.717, 1.165) is 11.1 Å². The van der Waals surface area contributed by atoms with Crippen molar-refractivity contribution in [1.82, 2.24) is 0 Å². The summed E-state index contributed by atoms with van der Waals surface area (Å²) in [6.45, 7) is 5.53. The highest BCUT2D eigenvalue weighted by molar-refractivity contribution is 6.35. The smallest absolute Gasteiger partial charge is 0.352 e. The molecule has 1 unspecified atom stereocenters. The van der Waals surface area contributed by atoms with Gasteiger partial charge >= 0.3 is 5.97 Å². The quantitative estimate of drug-likeness (QED) is 0.351. The van der Waals surface area contributed by atoms with Crippen LogP contribution >= 0.6 is 23.2 Å². The molecule has 0 aromatic heterocycles. The predicted molar refractivity (Wildman–Crippen MR) is 122 cm³/mol. The number of aryl methyl sites for hydroxylation is 1. The molecule has 1 amide bonds. The summed E-state index contributed by atoms with van der Waals surface area (Å²) in [7, 11) is 0. The minimum atomic E-state index is -0.798. The minimum absolute atomic E-state index is 0.304. The van der Waals surface area contributed by atoms with Gasteiger partial charge in [-0.15, -0.1) is 0 Å². The molecule has 3 rings (SSSR count). The molecule has 1 N–H and O–H groups in total. The first-order valence-electron chi connectivity index (χ1n) is 9.55. The summed E-state index contributed by atoms with van der Waals surface area (Å²) in [5, 5.41) is 3.53. The van der Waals surface area contributed by atoms with Crippen LogP contribution in [0.1, 0.15) is 28.4 Å². The second kappa shape index (κ2) is 9.86. The normalized spacial score (nSPS) is 11.5. The third-order valence-corrected chi connectivity index (χ3v) is 5.27. The van der Waals surface area contributed by atoms with Gasteiger partial charge in [-0.3, -0.25) is 4.79 Å². The number of amides is 1. The Labute approximate surface area is 190 Å². The number of halogens is 2. The molecule has 0 spiro atoms. The summed E-state index contributed by atoms with van der Waals surface area (Å²) < 4.78 is 11.1. The topological polar surface area (TPSA) is 64.6 Å². The molecule has 0 aliphatic rings. The van der Waals surface area contributed by atoms with Gasteiger partial charge in [0.2, 0.25) is 0 Å². The van der Waals surface area contributed by atoms with E-state index in [0.29, 0.717) is 32.8 Å². The highest BCUT2D eigenvalue weighted by atomic mass is 35.5. The van der Waals surface area contributed by atoms with E-state index < -0.39 is 12.1 Å². The Morgan fingerprint density at radius 3 is 2.39 bits per heavy atom. The van der Waals surface area contributed by atoms with Crippen LogP contribution in [0.5, 0.6) is 11.5 Å². The molecular weight excluding hydrogens is 437 g/mol. The number of carbonyl (C=O) groups is 2. The molecule has 0 heterocycles. The number of rotatable bonds is 6. The summed E-state index contributed by atoms with van der Waals surface area (Å²) in [5.74, 6) is 0.0346. The molecule has 0 aliphatic carbocycles. The summed E-state index contributed by atoms with van der Waals surface area (Å²) >= 11 is 12.0. The van der Waals surface area contributed by atoms with Crippen molar-refractivity contribution >= 4 is 40.8 Å². The lowest BCUT2D eigenvalue weighted by molar-refractivity contribution is -0.141. The van der Waals surface area contributed by atoms with Gasteiger partial charge in [0.1, 0.15) is 11.5 Å². The zero-order valence-corrected chi connectivity index (χ0v) is 18.8. The maximum absolute atomic E-state index is 12.4. The molecule has 3 aromatic rings. The maximum atomic E-state index is 12.4. The summed E-state index contributed by atoms with van der Waals surface area (Å²) in [6, 6.07) is 16.6. The number of benzene rings is 3. The maximum Gasteiger partial charge on any atom is 0.352 e. The number of anilines is 1. The van der Waals surface area contributed by atoms with Crippen molar-refractivity contribution in [3.05, 3.63) is 87.4 Å². The number of hydrogen-bond acceptors (Lipinski definition) is 4. The first kappa shape index (κ1) is 22.7. The van der Waals surface area contributed by atoms with Crippen LogP contribution in [0.2, 0.25) is 10.0 Å². The van der Waals surface area contributed by atoms with Crippen molar-refractivity contribution in [3.63, 3.8) is 0 Å². The lowest BCUT2D eigenvalue weighted by Gasteiger charge is -2.16. The van der Waals surface area contributed by atoms with Crippen molar-refractivity contribution in [2.75, 3.05) is 5.32 Å². The average Bonchev–Trinajstić information content (AvgIpc) is 2.74. The Hall–Kier alpha value is -3.02. The monoisotopic (exact) mass is 457 g/mol. The third-order valence-electron chi connectivity index (χ3n) is 4.70. The number of carbonyl (C=O) groups excluding carboxylic acids is 2. The lowest BCUT2D eigenvalue weighted by Crippen LogP contribution is -2.28. The Morgan fingerprint density at radius 1 is 0.968 bits per heavy atom. The van der Waals surface area contributed by atoms with E-state index in [1.807, 2.05) is 32.0 Å². The van der Waals surface area contributed by atoms with Gasteiger partial charge < -0.3 is 14.8 Å². The first-order valence-corrected chi connectivity index (χ1v) is 10.3. The van der Waals surface area contributed by atoms with E-state index in [2.05, 4.69) is 5.32 Å². The van der Waals surface area contributed by atoms with Crippen LogP contribution in [0, 0.1) is 13.8 Å². The predicted octanol–water partition coefficient (Wildman–Crippen LogP) is 6.24. The zero-order chi connectivity index (χ0) is 22.5. The van der Waals surface area contributed by atoms with Gasteiger partial charge in [0, 0.05) is 10.6 Å². The molecule has 0 saturated carbocycles. The molecule has 1 atom stereocenters. The fourth-order valence-electron chi connectivity index (χ4n) is 2.75. The van der Waals surface area contributed by atoms with Gasteiger partial charge in [-0.05, 0) is 80.4 Å². The number of nitrogens with one attached hydrogen (secondary N) is 1.